The number of amides is 2. The van der Waals surface area contributed by atoms with E-state index in [4.69, 9.17) is 0 Å². The zero-order valence-corrected chi connectivity index (χ0v) is 7.72. The van der Waals surface area contributed by atoms with E-state index >= 15 is 0 Å². The van der Waals surface area contributed by atoms with Gasteiger partial charge in [0.05, 0.1) is 0 Å². The lowest BCUT2D eigenvalue weighted by atomic mass is 9.97. The highest BCUT2D eigenvalue weighted by Gasteiger charge is 2.34. The molecule has 0 N–H and O–H groups in total. The first kappa shape index (κ1) is 8.37. The third kappa shape index (κ3) is 1.32. The molecule has 3 nitrogen and oxygen atoms in total. The molecule has 11 heavy (non-hydrogen) atoms. The van der Waals surface area contributed by atoms with Crippen LogP contribution in [0.3, 0.4) is 0 Å². The highest BCUT2D eigenvalue weighted by Crippen LogP contribution is 2.22. The Balaban J connectivity index is 2.75. The molecule has 1 saturated heterocycles. The number of carbonyl (C=O) groups excluding carboxylic acids is 1. The average Bonchev–Trinajstić information content (AvgIpc) is 1.95. The molecule has 1 aliphatic rings. The van der Waals surface area contributed by atoms with Crippen molar-refractivity contribution >= 4 is 6.03 Å². The molecule has 0 bridgehead atoms. The number of hydrogen-bond donors (Lipinski definition) is 0. The van der Waals surface area contributed by atoms with E-state index in [0.29, 0.717) is 0 Å². The second kappa shape index (κ2) is 2.40. The molecule has 2 amide bonds. The lowest BCUT2D eigenvalue weighted by molar-refractivity contribution is 0.0859. The van der Waals surface area contributed by atoms with Gasteiger partial charge in [0.2, 0.25) is 0 Å². The van der Waals surface area contributed by atoms with Crippen LogP contribution in [-0.2, 0) is 0 Å². The number of urea groups is 1. The fourth-order valence-electron chi connectivity index (χ4n) is 1.22. The van der Waals surface area contributed by atoms with E-state index in [0.717, 1.165) is 13.0 Å². The molecule has 3 heteroatoms. The Morgan fingerprint density at radius 3 is 2.36 bits per heavy atom. The van der Waals surface area contributed by atoms with Crippen molar-refractivity contribution in [1.82, 2.24) is 9.80 Å². The summed E-state index contributed by atoms with van der Waals surface area (Å²) >= 11 is 0. The second-order valence-corrected chi connectivity index (χ2v) is 3.83. The van der Waals surface area contributed by atoms with Gasteiger partial charge < -0.3 is 9.80 Å². The van der Waals surface area contributed by atoms with Crippen molar-refractivity contribution in [3.05, 3.63) is 0 Å². The van der Waals surface area contributed by atoms with E-state index in [9.17, 15) is 4.79 Å². The van der Waals surface area contributed by atoms with Crippen LogP contribution in [-0.4, -0.2) is 42.0 Å². The van der Waals surface area contributed by atoms with Gasteiger partial charge in [-0.15, -0.1) is 0 Å². The Bertz CT molecular complexity index is 177. The molecule has 0 spiro atoms. The third-order valence-corrected chi connectivity index (χ3v) is 2.58. The van der Waals surface area contributed by atoms with Crippen LogP contribution < -0.4 is 0 Å². The SMILES string of the molecule is CN1CCC(C)(C)N(C)C1=O. The van der Waals surface area contributed by atoms with E-state index in [1.165, 1.54) is 0 Å². The van der Waals surface area contributed by atoms with Crippen molar-refractivity contribution in [3.63, 3.8) is 0 Å². The van der Waals surface area contributed by atoms with Crippen LogP contribution in [0.15, 0.2) is 0 Å². The number of carbonyl (C=O) groups is 1. The smallest absolute Gasteiger partial charge is 0.319 e. The van der Waals surface area contributed by atoms with Gasteiger partial charge in [0.1, 0.15) is 0 Å². The minimum Gasteiger partial charge on any atom is -0.328 e. The summed E-state index contributed by atoms with van der Waals surface area (Å²) in [6.45, 7) is 5.06. The fourth-order valence-corrected chi connectivity index (χ4v) is 1.22. The molecule has 0 unspecified atom stereocenters. The molecule has 0 radical (unpaired) electrons. The zero-order chi connectivity index (χ0) is 8.65. The third-order valence-electron chi connectivity index (χ3n) is 2.58. The summed E-state index contributed by atoms with van der Waals surface area (Å²) in [5.74, 6) is 0. The maximum absolute atomic E-state index is 11.4. The van der Waals surface area contributed by atoms with E-state index in [1.807, 2.05) is 14.1 Å². The normalized spacial score (nSPS) is 24.2. The summed E-state index contributed by atoms with van der Waals surface area (Å²) in [7, 11) is 3.70. The topological polar surface area (TPSA) is 23.6 Å². The quantitative estimate of drug-likeness (QED) is 0.516. The number of rotatable bonds is 0. The van der Waals surface area contributed by atoms with Crippen molar-refractivity contribution in [2.24, 2.45) is 0 Å². The predicted molar refractivity (Wildman–Crippen MR) is 44.5 cm³/mol. The van der Waals surface area contributed by atoms with E-state index in [2.05, 4.69) is 13.8 Å². The van der Waals surface area contributed by atoms with Crippen LogP contribution >= 0.6 is 0 Å². The highest BCUT2D eigenvalue weighted by molar-refractivity contribution is 5.75. The van der Waals surface area contributed by atoms with Crippen LogP contribution in [0.4, 0.5) is 4.79 Å². The van der Waals surface area contributed by atoms with Gasteiger partial charge in [-0.1, -0.05) is 0 Å². The zero-order valence-electron chi connectivity index (χ0n) is 7.72. The predicted octanol–water partition coefficient (Wildman–Crippen LogP) is 1.15. The number of hydrogen-bond acceptors (Lipinski definition) is 1. The maximum Gasteiger partial charge on any atom is 0.319 e. The Labute approximate surface area is 68.0 Å². The molecule has 1 rings (SSSR count). The summed E-state index contributed by atoms with van der Waals surface area (Å²) in [5, 5.41) is 0. The largest absolute Gasteiger partial charge is 0.328 e. The lowest BCUT2D eigenvalue weighted by Crippen LogP contribution is -2.56. The van der Waals surface area contributed by atoms with Gasteiger partial charge in [0, 0.05) is 26.2 Å². The van der Waals surface area contributed by atoms with Gasteiger partial charge in [-0.3, -0.25) is 0 Å². The van der Waals surface area contributed by atoms with E-state index in [-0.39, 0.29) is 11.6 Å². The van der Waals surface area contributed by atoms with Crippen molar-refractivity contribution in [3.8, 4) is 0 Å². The Kier molecular flexibility index (Phi) is 1.82. The molecule has 0 aromatic heterocycles. The maximum atomic E-state index is 11.4. The van der Waals surface area contributed by atoms with E-state index < -0.39 is 0 Å². The standard InChI is InChI=1S/C8H16N2O/c1-8(2)5-6-9(3)7(11)10(8)4/h5-6H2,1-4H3. The molecule has 64 valence electrons. The minimum absolute atomic E-state index is 0.0313. The van der Waals surface area contributed by atoms with Crippen LogP contribution in [0.25, 0.3) is 0 Å². The molecule has 0 aliphatic carbocycles. The summed E-state index contributed by atoms with van der Waals surface area (Å²) in [6.07, 6.45) is 1.05. The molecule has 0 saturated carbocycles. The summed E-state index contributed by atoms with van der Waals surface area (Å²) in [4.78, 5) is 14.9. The van der Waals surface area contributed by atoms with Gasteiger partial charge in [-0.05, 0) is 20.3 Å². The van der Waals surface area contributed by atoms with Crippen molar-refractivity contribution in [2.75, 3.05) is 20.6 Å². The summed E-state index contributed by atoms with van der Waals surface area (Å²) < 4.78 is 0. The van der Waals surface area contributed by atoms with Crippen molar-refractivity contribution < 1.29 is 4.79 Å². The Hall–Kier alpha value is -0.730. The van der Waals surface area contributed by atoms with Crippen LogP contribution in [0.2, 0.25) is 0 Å². The number of nitrogens with zero attached hydrogens (tertiary/aromatic N) is 2. The second-order valence-electron chi connectivity index (χ2n) is 3.83. The first-order chi connectivity index (χ1) is 4.95. The van der Waals surface area contributed by atoms with Crippen molar-refractivity contribution in [1.29, 1.82) is 0 Å². The van der Waals surface area contributed by atoms with E-state index in [1.54, 1.807) is 9.80 Å². The van der Waals surface area contributed by atoms with Gasteiger partial charge in [0.15, 0.2) is 0 Å². The molecule has 1 aliphatic heterocycles. The van der Waals surface area contributed by atoms with Crippen LogP contribution in [0.5, 0.6) is 0 Å². The van der Waals surface area contributed by atoms with Crippen LogP contribution in [0, 0.1) is 0 Å². The molecular formula is C8H16N2O. The molecule has 1 heterocycles. The van der Waals surface area contributed by atoms with Gasteiger partial charge in [-0.25, -0.2) is 4.79 Å². The average molecular weight is 156 g/mol. The molecule has 0 aromatic carbocycles. The van der Waals surface area contributed by atoms with Crippen LogP contribution in [0.1, 0.15) is 20.3 Å². The highest BCUT2D eigenvalue weighted by atomic mass is 16.2. The first-order valence-electron chi connectivity index (χ1n) is 3.94. The Morgan fingerprint density at radius 2 is 1.91 bits per heavy atom. The van der Waals surface area contributed by atoms with Gasteiger partial charge >= 0.3 is 6.03 Å². The molecule has 0 aromatic rings. The van der Waals surface area contributed by atoms with Crippen molar-refractivity contribution in [2.45, 2.75) is 25.8 Å². The monoisotopic (exact) mass is 156 g/mol. The fraction of sp³-hybridized carbons (Fsp3) is 0.875. The summed E-state index contributed by atoms with van der Waals surface area (Å²) in [5.41, 5.74) is 0.0313. The Morgan fingerprint density at radius 1 is 1.36 bits per heavy atom. The summed E-state index contributed by atoms with van der Waals surface area (Å²) in [6, 6.07) is 0.126. The van der Waals surface area contributed by atoms with Gasteiger partial charge in [0.25, 0.3) is 0 Å². The first-order valence-corrected chi connectivity index (χ1v) is 3.94. The molecular weight excluding hydrogens is 140 g/mol. The molecule has 0 atom stereocenters. The minimum atomic E-state index is 0.0313. The molecule has 1 fully saturated rings. The lowest BCUT2D eigenvalue weighted by Gasteiger charge is -2.43. The van der Waals surface area contributed by atoms with Gasteiger partial charge in [-0.2, -0.15) is 0 Å².